The van der Waals surface area contributed by atoms with E-state index in [2.05, 4.69) is 0 Å². The fraction of sp³-hybridized carbons (Fsp3) is 0.278. The van der Waals surface area contributed by atoms with Gasteiger partial charge >= 0.3 is 0 Å². The highest BCUT2D eigenvalue weighted by atomic mass is 35.5. The van der Waals surface area contributed by atoms with E-state index in [0.717, 1.165) is 17.7 Å². The third-order valence-electron chi connectivity index (χ3n) is 3.92. The number of hydrogen-bond donors (Lipinski definition) is 0. The minimum Gasteiger partial charge on any atom is -0.486 e. The van der Waals surface area contributed by atoms with Crippen LogP contribution in [0.3, 0.4) is 0 Å². The number of para-hydroxylation sites is 1. The van der Waals surface area contributed by atoms with E-state index in [4.69, 9.17) is 21.1 Å². The molecule has 25 heavy (non-hydrogen) atoms. The van der Waals surface area contributed by atoms with Crippen LogP contribution in [0.1, 0.15) is 22.8 Å². The van der Waals surface area contributed by atoms with Gasteiger partial charge in [-0.05, 0) is 25.1 Å². The topological polar surface area (TPSA) is 38.8 Å². The summed E-state index contributed by atoms with van der Waals surface area (Å²) < 4.78 is 37.9. The maximum atomic E-state index is 13.5. The molecule has 0 saturated heterocycles. The normalized spacial score (nSPS) is 12.8. The Kier molecular flexibility index (Phi) is 5.08. The summed E-state index contributed by atoms with van der Waals surface area (Å²) in [6.07, 6.45) is 0. The Morgan fingerprint density at radius 1 is 1.20 bits per heavy atom. The van der Waals surface area contributed by atoms with Crippen LogP contribution in [-0.2, 0) is 6.54 Å². The summed E-state index contributed by atoms with van der Waals surface area (Å²) >= 11 is 5.92. The van der Waals surface area contributed by atoms with Gasteiger partial charge in [-0.15, -0.1) is 0 Å². The van der Waals surface area contributed by atoms with E-state index in [1.165, 1.54) is 4.90 Å². The number of nitrogens with zero attached hydrogens (tertiary/aromatic N) is 1. The predicted molar refractivity (Wildman–Crippen MR) is 89.2 cm³/mol. The van der Waals surface area contributed by atoms with Crippen LogP contribution in [0.15, 0.2) is 30.3 Å². The third-order valence-corrected chi connectivity index (χ3v) is 4.23. The van der Waals surface area contributed by atoms with Gasteiger partial charge in [0.1, 0.15) is 13.2 Å². The second-order valence-corrected chi connectivity index (χ2v) is 5.91. The van der Waals surface area contributed by atoms with Crippen molar-refractivity contribution in [2.45, 2.75) is 13.5 Å². The molecule has 0 unspecified atom stereocenters. The Morgan fingerprint density at radius 2 is 1.92 bits per heavy atom. The maximum Gasteiger partial charge on any atom is 0.255 e. The van der Waals surface area contributed by atoms with Crippen LogP contribution < -0.4 is 9.47 Å². The lowest BCUT2D eigenvalue weighted by atomic mass is 10.1. The molecule has 1 aliphatic rings. The number of benzene rings is 2. The second kappa shape index (κ2) is 7.27. The lowest BCUT2D eigenvalue weighted by molar-refractivity contribution is 0.0748. The zero-order valence-corrected chi connectivity index (χ0v) is 14.3. The first-order valence-corrected chi connectivity index (χ1v) is 8.20. The van der Waals surface area contributed by atoms with Crippen molar-refractivity contribution in [1.82, 2.24) is 4.90 Å². The van der Waals surface area contributed by atoms with Crippen LogP contribution in [-0.4, -0.2) is 30.6 Å². The van der Waals surface area contributed by atoms with Crippen molar-refractivity contribution >= 4 is 17.5 Å². The van der Waals surface area contributed by atoms with E-state index < -0.39 is 17.5 Å². The van der Waals surface area contributed by atoms with E-state index >= 15 is 0 Å². The van der Waals surface area contributed by atoms with E-state index in [1.54, 1.807) is 13.0 Å². The van der Waals surface area contributed by atoms with E-state index in [9.17, 15) is 13.6 Å². The average molecular weight is 368 g/mol. The van der Waals surface area contributed by atoms with Crippen molar-refractivity contribution in [2.75, 3.05) is 19.8 Å². The summed E-state index contributed by atoms with van der Waals surface area (Å²) in [7, 11) is 0. The molecular weight excluding hydrogens is 352 g/mol. The molecule has 0 fully saturated rings. The summed E-state index contributed by atoms with van der Waals surface area (Å²) in [4.78, 5) is 14.2. The summed E-state index contributed by atoms with van der Waals surface area (Å²) in [6, 6.07) is 7.06. The third kappa shape index (κ3) is 3.54. The summed E-state index contributed by atoms with van der Waals surface area (Å²) in [5.74, 6) is -1.47. The van der Waals surface area contributed by atoms with Gasteiger partial charge in [0.25, 0.3) is 5.91 Å². The molecule has 2 aromatic rings. The first-order valence-electron chi connectivity index (χ1n) is 7.82. The molecule has 1 heterocycles. The Bertz CT molecular complexity index is 813. The van der Waals surface area contributed by atoms with Gasteiger partial charge in [-0.25, -0.2) is 8.78 Å². The smallest absolute Gasteiger partial charge is 0.255 e. The largest absolute Gasteiger partial charge is 0.486 e. The highest BCUT2D eigenvalue weighted by molar-refractivity contribution is 6.33. The molecular formula is C18H16ClF2NO3. The lowest BCUT2D eigenvalue weighted by Gasteiger charge is -2.25. The summed E-state index contributed by atoms with van der Waals surface area (Å²) in [5, 5.41) is -0.128. The molecule has 7 heteroatoms. The minimum absolute atomic E-state index is 0.0793. The van der Waals surface area contributed by atoms with Crippen molar-refractivity contribution in [2.24, 2.45) is 0 Å². The van der Waals surface area contributed by atoms with Gasteiger partial charge in [0, 0.05) is 18.7 Å². The Balaban J connectivity index is 1.89. The van der Waals surface area contributed by atoms with Gasteiger partial charge in [-0.2, -0.15) is 0 Å². The molecule has 1 aliphatic heterocycles. The predicted octanol–water partition coefficient (Wildman–Crippen LogP) is 4.05. The van der Waals surface area contributed by atoms with E-state index in [-0.39, 0.29) is 17.1 Å². The van der Waals surface area contributed by atoms with Crippen LogP contribution in [0.25, 0.3) is 0 Å². The van der Waals surface area contributed by atoms with Gasteiger partial charge in [0.15, 0.2) is 23.1 Å². The van der Waals surface area contributed by atoms with Gasteiger partial charge in [-0.3, -0.25) is 4.79 Å². The van der Waals surface area contributed by atoms with Gasteiger partial charge in [0.2, 0.25) is 0 Å². The Hall–Kier alpha value is -2.34. The molecule has 0 bridgehead atoms. The second-order valence-electron chi connectivity index (χ2n) is 5.51. The average Bonchev–Trinajstić information content (AvgIpc) is 2.62. The van der Waals surface area contributed by atoms with E-state index in [1.807, 2.05) is 12.1 Å². The van der Waals surface area contributed by atoms with Crippen LogP contribution in [0.5, 0.6) is 11.5 Å². The number of hydrogen-bond acceptors (Lipinski definition) is 3. The van der Waals surface area contributed by atoms with Crippen LogP contribution in [0, 0.1) is 11.6 Å². The number of carbonyl (C=O) groups excluding carboxylic acids is 1. The standard InChI is InChI=1S/C18H16ClF2NO3/c1-2-22(18(23)12-8-14(20)15(21)9-13(12)19)10-11-4-3-5-16-17(11)25-7-6-24-16/h3-5,8-9H,2,6-7,10H2,1H3. The molecule has 0 atom stereocenters. The van der Waals surface area contributed by atoms with Gasteiger partial charge < -0.3 is 14.4 Å². The first-order chi connectivity index (χ1) is 12.0. The number of ether oxygens (including phenoxy) is 2. The Labute approximate surface area is 148 Å². The van der Waals surface area contributed by atoms with Crippen molar-refractivity contribution < 1.29 is 23.0 Å². The Morgan fingerprint density at radius 3 is 2.68 bits per heavy atom. The van der Waals surface area contributed by atoms with E-state index in [0.29, 0.717) is 31.3 Å². The molecule has 0 aliphatic carbocycles. The van der Waals surface area contributed by atoms with Crippen molar-refractivity contribution in [3.05, 3.63) is 58.1 Å². The minimum atomic E-state index is -1.11. The fourth-order valence-corrected chi connectivity index (χ4v) is 2.88. The molecule has 0 aromatic heterocycles. The van der Waals surface area contributed by atoms with Crippen LogP contribution in [0.2, 0.25) is 5.02 Å². The molecule has 132 valence electrons. The number of rotatable bonds is 4. The number of carbonyl (C=O) groups is 1. The first kappa shape index (κ1) is 17.5. The molecule has 0 spiro atoms. The van der Waals surface area contributed by atoms with Crippen LogP contribution in [0.4, 0.5) is 8.78 Å². The number of fused-ring (bicyclic) bond motifs is 1. The molecule has 0 radical (unpaired) electrons. The van der Waals surface area contributed by atoms with Gasteiger partial charge in [0.05, 0.1) is 10.6 Å². The highest BCUT2D eigenvalue weighted by Gasteiger charge is 2.23. The quantitative estimate of drug-likeness (QED) is 0.765. The molecule has 1 amide bonds. The van der Waals surface area contributed by atoms with Crippen molar-refractivity contribution in [1.29, 1.82) is 0 Å². The number of amides is 1. The molecule has 0 saturated carbocycles. The molecule has 0 N–H and O–H groups in total. The fourth-order valence-electron chi connectivity index (χ4n) is 2.65. The summed E-state index contributed by atoms with van der Waals surface area (Å²) in [5.41, 5.74) is 0.690. The monoisotopic (exact) mass is 367 g/mol. The van der Waals surface area contributed by atoms with Crippen LogP contribution >= 0.6 is 11.6 Å². The van der Waals surface area contributed by atoms with Crippen molar-refractivity contribution in [3.63, 3.8) is 0 Å². The van der Waals surface area contributed by atoms with Gasteiger partial charge in [-0.1, -0.05) is 23.7 Å². The molecule has 3 rings (SSSR count). The lowest BCUT2D eigenvalue weighted by Crippen LogP contribution is -2.31. The zero-order valence-electron chi connectivity index (χ0n) is 13.5. The van der Waals surface area contributed by atoms with Crippen molar-refractivity contribution in [3.8, 4) is 11.5 Å². The molecule has 4 nitrogen and oxygen atoms in total. The molecule has 2 aromatic carbocycles. The maximum absolute atomic E-state index is 13.5. The summed E-state index contributed by atoms with van der Waals surface area (Å²) in [6.45, 7) is 3.28. The zero-order chi connectivity index (χ0) is 18.0. The SMILES string of the molecule is CCN(Cc1cccc2c1OCCO2)C(=O)c1cc(F)c(F)cc1Cl. The number of halogens is 3. The highest BCUT2D eigenvalue weighted by Crippen LogP contribution is 2.34.